The number of hydrogen-bond donors (Lipinski definition) is 1. The lowest BCUT2D eigenvalue weighted by molar-refractivity contribution is -0.0899. The average Bonchev–Trinajstić information content (AvgIpc) is 3.21. The van der Waals surface area contributed by atoms with E-state index in [1.807, 2.05) is 57.0 Å². The zero-order valence-electron chi connectivity index (χ0n) is 23.2. The summed E-state index contributed by atoms with van der Waals surface area (Å²) in [4.78, 5) is 32.6. The number of ether oxygens (including phenoxy) is 2. The fraction of sp³-hybridized carbons (Fsp3) is 0.367. The highest BCUT2D eigenvalue weighted by Crippen LogP contribution is 2.58. The van der Waals surface area contributed by atoms with Crippen LogP contribution in [0.25, 0.3) is 22.2 Å². The standard InChI is InChI=1S/C30H33N7O3/c1-29(2,3)40-28(38)37-17-30(13-6-5-7-14-30)24(37)23-21(22-25(31)34-18-35-26(22)36(23)4)19-9-11-20(12-10-19)39-27-32-15-8-16-33-27/h5-6,8-12,15-16,18,24H,7,13-14,17H2,1-4H3,(H2,31,34,35). The summed E-state index contributed by atoms with van der Waals surface area (Å²) < 4.78 is 13.8. The molecule has 6 rings (SSSR count). The van der Waals surface area contributed by atoms with Crippen molar-refractivity contribution in [2.24, 2.45) is 12.5 Å². The molecule has 2 N–H and O–H groups in total. The topological polar surface area (TPSA) is 121 Å². The maximum atomic E-state index is 13.5. The molecule has 1 saturated heterocycles. The van der Waals surface area contributed by atoms with Crippen molar-refractivity contribution in [2.45, 2.75) is 51.7 Å². The van der Waals surface area contributed by atoms with Crippen LogP contribution in [0, 0.1) is 5.41 Å². The summed E-state index contributed by atoms with van der Waals surface area (Å²) in [5.74, 6) is 0.995. The van der Waals surface area contributed by atoms with Crippen LogP contribution in [0.15, 0.2) is 61.2 Å². The van der Waals surface area contributed by atoms with Crippen LogP contribution in [0.4, 0.5) is 10.6 Å². The number of nitrogens with two attached hydrogens (primary N) is 1. The third kappa shape index (κ3) is 4.43. The third-order valence-electron chi connectivity index (χ3n) is 7.70. The number of nitrogen functional groups attached to an aromatic ring is 1. The molecule has 2 atom stereocenters. The van der Waals surface area contributed by atoms with E-state index in [9.17, 15) is 4.79 Å². The molecule has 10 nitrogen and oxygen atoms in total. The van der Waals surface area contributed by atoms with Crippen molar-refractivity contribution in [2.75, 3.05) is 12.3 Å². The van der Waals surface area contributed by atoms with E-state index in [-0.39, 0.29) is 23.6 Å². The Morgan fingerprint density at radius 3 is 2.50 bits per heavy atom. The second-order valence-electron chi connectivity index (χ2n) is 11.5. The first-order chi connectivity index (χ1) is 19.2. The lowest BCUT2D eigenvalue weighted by Gasteiger charge is -2.58. The van der Waals surface area contributed by atoms with Gasteiger partial charge in [0, 0.05) is 37.0 Å². The van der Waals surface area contributed by atoms with Gasteiger partial charge in [0.05, 0.1) is 17.1 Å². The van der Waals surface area contributed by atoms with Crippen molar-refractivity contribution in [1.29, 1.82) is 0 Å². The molecule has 0 radical (unpaired) electrons. The number of carbonyl (C=O) groups is 1. The predicted octanol–water partition coefficient (Wildman–Crippen LogP) is 5.82. The van der Waals surface area contributed by atoms with Gasteiger partial charge in [-0.2, -0.15) is 0 Å². The van der Waals surface area contributed by atoms with Crippen molar-refractivity contribution < 1.29 is 14.3 Å². The maximum Gasteiger partial charge on any atom is 0.410 e. The van der Waals surface area contributed by atoms with E-state index in [4.69, 9.17) is 15.2 Å². The molecule has 1 aromatic carbocycles. The van der Waals surface area contributed by atoms with Gasteiger partial charge in [0.25, 0.3) is 0 Å². The van der Waals surface area contributed by atoms with Gasteiger partial charge in [0.1, 0.15) is 29.1 Å². The van der Waals surface area contributed by atoms with Gasteiger partial charge in [-0.3, -0.25) is 4.90 Å². The van der Waals surface area contributed by atoms with Gasteiger partial charge in [-0.25, -0.2) is 24.7 Å². The number of fused-ring (bicyclic) bond motifs is 1. The number of likely N-dealkylation sites (tertiary alicyclic amines) is 1. The quantitative estimate of drug-likeness (QED) is 0.322. The number of anilines is 1. The minimum absolute atomic E-state index is 0.113. The van der Waals surface area contributed by atoms with Gasteiger partial charge in [0.15, 0.2) is 0 Å². The largest absolute Gasteiger partial charge is 0.444 e. The number of benzene rings is 1. The zero-order chi connectivity index (χ0) is 28.1. The minimum Gasteiger partial charge on any atom is -0.444 e. The molecule has 1 fully saturated rings. The molecule has 1 amide bonds. The molecule has 1 aliphatic carbocycles. The second-order valence-corrected chi connectivity index (χ2v) is 11.5. The fourth-order valence-corrected chi connectivity index (χ4v) is 6.00. The summed E-state index contributed by atoms with van der Waals surface area (Å²) in [6.45, 7) is 6.30. The molecule has 4 aromatic rings. The number of allylic oxidation sites excluding steroid dienone is 2. The zero-order valence-corrected chi connectivity index (χ0v) is 23.2. The summed E-state index contributed by atoms with van der Waals surface area (Å²) in [6.07, 6.45) is 11.7. The average molecular weight is 540 g/mol. The van der Waals surface area contributed by atoms with Gasteiger partial charge in [0.2, 0.25) is 0 Å². The summed E-state index contributed by atoms with van der Waals surface area (Å²) in [5.41, 5.74) is 9.29. The minimum atomic E-state index is -0.604. The summed E-state index contributed by atoms with van der Waals surface area (Å²) >= 11 is 0. The molecule has 2 aliphatic rings. The Bertz CT molecular complexity index is 1590. The highest BCUT2D eigenvalue weighted by molar-refractivity contribution is 6.03. The van der Waals surface area contributed by atoms with Crippen LogP contribution in [-0.2, 0) is 11.8 Å². The summed E-state index contributed by atoms with van der Waals surface area (Å²) in [6, 6.07) is 9.49. The van der Waals surface area contributed by atoms with E-state index in [0.717, 1.165) is 41.5 Å². The van der Waals surface area contributed by atoms with Crippen molar-refractivity contribution in [3.63, 3.8) is 0 Å². The monoisotopic (exact) mass is 539 g/mol. The van der Waals surface area contributed by atoms with Gasteiger partial charge in [-0.1, -0.05) is 24.3 Å². The van der Waals surface area contributed by atoms with Crippen LogP contribution in [0.2, 0.25) is 0 Å². The van der Waals surface area contributed by atoms with Crippen LogP contribution in [0.1, 0.15) is 51.8 Å². The Morgan fingerprint density at radius 2 is 1.82 bits per heavy atom. The summed E-state index contributed by atoms with van der Waals surface area (Å²) in [5, 5.41) is 0.762. The molecular weight excluding hydrogens is 506 g/mol. The molecule has 10 heteroatoms. The lowest BCUT2D eigenvalue weighted by atomic mass is 9.63. The van der Waals surface area contributed by atoms with Gasteiger partial charge >= 0.3 is 12.1 Å². The number of hydrogen-bond acceptors (Lipinski definition) is 8. The molecule has 1 aliphatic heterocycles. The Morgan fingerprint density at radius 1 is 1.07 bits per heavy atom. The van der Waals surface area contributed by atoms with Gasteiger partial charge in [-0.05, 0) is 63.8 Å². The molecule has 0 bridgehead atoms. The van der Waals surface area contributed by atoms with E-state index in [2.05, 4.69) is 36.7 Å². The SMILES string of the molecule is Cn1c(C2N(C(=O)OC(C)(C)C)CC23CC=CCC3)c(-c2ccc(Oc3ncccn3)cc2)c2c(N)ncnc21. The second kappa shape index (κ2) is 9.62. The number of aromatic nitrogens is 5. The Labute approximate surface area is 232 Å². The molecular formula is C30H33N7O3. The van der Waals surface area contributed by atoms with E-state index in [1.165, 1.54) is 6.33 Å². The molecule has 206 valence electrons. The first kappa shape index (κ1) is 25.8. The molecule has 0 saturated carbocycles. The molecule has 1 spiro atoms. The molecule has 3 aromatic heterocycles. The molecule has 4 heterocycles. The number of rotatable bonds is 4. The van der Waals surface area contributed by atoms with Crippen LogP contribution in [0.3, 0.4) is 0 Å². The van der Waals surface area contributed by atoms with E-state index in [1.54, 1.807) is 18.5 Å². The smallest absolute Gasteiger partial charge is 0.410 e. The summed E-state index contributed by atoms with van der Waals surface area (Å²) in [7, 11) is 1.98. The molecule has 40 heavy (non-hydrogen) atoms. The van der Waals surface area contributed by atoms with Gasteiger partial charge < -0.3 is 19.8 Å². The maximum absolute atomic E-state index is 13.5. The Kier molecular flexibility index (Phi) is 6.20. The highest BCUT2D eigenvalue weighted by Gasteiger charge is 2.57. The van der Waals surface area contributed by atoms with Crippen LogP contribution in [-0.4, -0.2) is 47.6 Å². The van der Waals surface area contributed by atoms with Crippen LogP contribution < -0.4 is 10.5 Å². The Balaban J connectivity index is 1.49. The Hall–Kier alpha value is -4.47. The van der Waals surface area contributed by atoms with Crippen molar-refractivity contribution in [3.05, 3.63) is 66.9 Å². The number of carbonyl (C=O) groups excluding carboxylic acids is 1. The number of nitrogens with zero attached hydrogens (tertiary/aromatic N) is 6. The van der Waals surface area contributed by atoms with Crippen LogP contribution in [0.5, 0.6) is 11.8 Å². The first-order valence-electron chi connectivity index (χ1n) is 13.5. The lowest BCUT2D eigenvalue weighted by Crippen LogP contribution is -2.62. The molecule has 2 unspecified atom stereocenters. The van der Waals surface area contributed by atoms with Crippen molar-refractivity contribution in [1.82, 2.24) is 29.4 Å². The normalized spacial score (nSPS) is 20.5. The van der Waals surface area contributed by atoms with Crippen molar-refractivity contribution >= 4 is 22.9 Å². The van der Waals surface area contributed by atoms with Crippen LogP contribution >= 0.6 is 0 Å². The van der Waals surface area contributed by atoms with Gasteiger partial charge in [-0.15, -0.1) is 0 Å². The van der Waals surface area contributed by atoms with E-state index in [0.29, 0.717) is 23.8 Å². The van der Waals surface area contributed by atoms with E-state index >= 15 is 0 Å². The number of amides is 1. The highest BCUT2D eigenvalue weighted by atomic mass is 16.6. The fourth-order valence-electron chi connectivity index (χ4n) is 6.00. The van der Waals surface area contributed by atoms with Crippen molar-refractivity contribution in [3.8, 4) is 22.9 Å². The number of aryl methyl sites for hydroxylation is 1. The first-order valence-corrected chi connectivity index (χ1v) is 13.5. The van der Waals surface area contributed by atoms with E-state index < -0.39 is 5.60 Å². The predicted molar refractivity (Wildman–Crippen MR) is 152 cm³/mol. The third-order valence-corrected chi connectivity index (χ3v) is 7.70.